The van der Waals surface area contributed by atoms with E-state index in [1.165, 1.54) is 4.90 Å². The minimum absolute atomic E-state index is 0.0359. The Bertz CT molecular complexity index is 1380. The molecule has 3 rings (SSSR count). The number of hydrogen-bond donors (Lipinski definition) is 4. The monoisotopic (exact) mass is 681 g/mol. The normalized spacial score (nSPS) is 20.1. The fourth-order valence-corrected chi connectivity index (χ4v) is 7.73. The van der Waals surface area contributed by atoms with Gasteiger partial charge in [0.05, 0.1) is 19.4 Å². The van der Waals surface area contributed by atoms with Crippen molar-refractivity contribution in [2.24, 2.45) is 22.8 Å². The van der Waals surface area contributed by atoms with Crippen molar-refractivity contribution in [2.45, 2.75) is 82.8 Å². The fourth-order valence-electron chi connectivity index (χ4n) is 5.97. The molecule has 2 saturated heterocycles. The summed E-state index contributed by atoms with van der Waals surface area (Å²) in [6, 6.07) is 6.45. The van der Waals surface area contributed by atoms with Gasteiger partial charge in [-0.15, -0.1) is 0 Å². The van der Waals surface area contributed by atoms with Crippen molar-refractivity contribution in [3.63, 3.8) is 0 Å². The van der Waals surface area contributed by atoms with Gasteiger partial charge in [0.1, 0.15) is 29.2 Å². The summed E-state index contributed by atoms with van der Waals surface area (Å²) < 4.78 is 47.8. The number of piperidine rings is 1. The fraction of sp³-hybridized carbons (Fsp3) is 0.688. The predicted octanol–water partition coefficient (Wildman–Crippen LogP) is 2.13. The molecular formula is C32H51N5O9S. The summed E-state index contributed by atoms with van der Waals surface area (Å²) in [6.45, 7) is 8.88. The molecule has 0 aromatic heterocycles. The van der Waals surface area contributed by atoms with E-state index < -0.39 is 49.9 Å². The van der Waals surface area contributed by atoms with E-state index >= 15 is 0 Å². The highest BCUT2D eigenvalue weighted by Gasteiger charge is 2.52. The van der Waals surface area contributed by atoms with E-state index in [-0.39, 0.29) is 50.0 Å². The van der Waals surface area contributed by atoms with Gasteiger partial charge < -0.3 is 40.6 Å². The zero-order valence-corrected chi connectivity index (χ0v) is 29.0. The van der Waals surface area contributed by atoms with Crippen molar-refractivity contribution >= 4 is 33.7 Å². The van der Waals surface area contributed by atoms with Crippen LogP contribution in [0.3, 0.4) is 0 Å². The van der Waals surface area contributed by atoms with E-state index in [0.717, 1.165) is 7.11 Å². The van der Waals surface area contributed by atoms with Crippen LogP contribution in [-0.2, 0) is 40.1 Å². The number of methoxy groups -OCH3 is 1. The summed E-state index contributed by atoms with van der Waals surface area (Å²) in [6.07, 6.45) is 0.956. The standard InChI is InChI=1S/C32H51N5O9S/c1-6-7-18-47(41,42)32(35,28(39)43-5)19-22-8-10-24(11-9-22)44-21-25-20-37(29(40)45-25)17-14-31(26(33)34,23-12-15-36-16-13-23)27(38)46-30(2,3)4/h8-11,23,25,36H,6-7,12-21,35H2,1-5H3,(H3,33,34). The van der Waals surface area contributed by atoms with Gasteiger partial charge in [-0.25, -0.2) is 18.0 Å². The molecule has 3 unspecified atom stereocenters. The van der Waals surface area contributed by atoms with Crippen molar-refractivity contribution in [1.82, 2.24) is 10.2 Å². The number of nitrogens with one attached hydrogen (secondary N) is 2. The molecule has 0 bridgehead atoms. The van der Waals surface area contributed by atoms with E-state index in [0.29, 0.717) is 50.1 Å². The molecule has 1 aromatic carbocycles. The molecule has 47 heavy (non-hydrogen) atoms. The Morgan fingerprint density at radius 3 is 2.32 bits per heavy atom. The van der Waals surface area contributed by atoms with Crippen LogP contribution in [0.5, 0.6) is 5.75 Å². The number of amidine groups is 1. The molecule has 2 heterocycles. The summed E-state index contributed by atoms with van der Waals surface area (Å²) in [5, 5.41) is 11.8. The Balaban J connectivity index is 1.64. The number of nitrogens with two attached hydrogens (primary N) is 2. The van der Waals surface area contributed by atoms with E-state index in [1.807, 2.05) is 6.92 Å². The van der Waals surface area contributed by atoms with Gasteiger partial charge in [0, 0.05) is 13.0 Å². The third-order valence-corrected chi connectivity index (χ3v) is 10.9. The molecule has 1 amide bonds. The lowest BCUT2D eigenvalue weighted by atomic mass is 9.67. The lowest BCUT2D eigenvalue weighted by Crippen LogP contribution is -2.57. The molecule has 0 aliphatic carbocycles. The first-order valence-corrected chi connectivity index (χ1v) is 17.7. The highest BCUT2D eigenvalue weighted by molar-refractivity contribution is 7.93. The topological polar surface area (TPSA) is 213 Å². The maximum Gasteiger partial charge on any atom is 0.410 e. The molecule has 0 spiro atoms. The average molecular weight is 682 g/mol. The van der Waals surface area contributed by atoms with Gasteiger partial charge in [-0.3, -0.25) is 10.2 Å². The number of hydrogen-bond acceptors (Lipinski definition) is 12. The Morgan fingerprint density at radius 1 is 1.13 bits per heavy atom. The SMILES string of the molecule is CCCCS(=O)(=O)C(N)(Cc1ccc(OCC2CN(CCC(C(=N)N)(C(=O)OC(C)(C)C)C3CCNCC3)C(=O)O2)cc1)C(=O)OC. The number of nitrogens with zero attached hydrogens (tertiary/aromatic N) is 1. The first-order chi connectivity index (χ1) is 22.0. The quantitative estimate of drug-likeness (QED) is 0.0855. The Morgan fingerprint density at radius 2 is 1.77 bits per heavy atom. The van der Waals surface area contributed by atoms with Crippen LogP contribution >= 0.6 is 0 Å². The van der Waals surface area contributed by atoms with Crippen LogP contribution in [0.15, 0.2) is 24.3 Å². The molecule has 14 nitrogen and oxygen atoms in total. The molecule has 1 aromatic rings. The molecule has 6 N–H and O–H groups in total. The van der Waals surface area contributed by atoms with Crippen LogP contribution in [0, 0.1) is 16.7 Å². The highest BCUT2D eigenvalue weighted by atomic mass is 32.2. The predicted molar refractivity (Wildman–Crippen MR) is 176 cm³/mol. The Hall–Kier alpha value is -3.43. The molecule has 2 fully saturated rings. The minimum atomic E-state index is -4.00. The first-order valence-electron chi connectivity index (χ1n) is 16.0. The molecular weight excluding hydrogens is 630 g/mol. The molecule has 0 radical (unpaired) electrons. The average Bonchev–Trinajstić information content (AvgIpc) is 3.37. The van der Waals surface area contributed by atoms with Crippen LogP contribution in [0.1, 0.15) is 65.4 Å². The summed E-state index contributed by atoms with van der Waals surface area (Å²) >= 11 is 0. The Kier molecular flexibility index (Phi) is 12.7. The number of carbonyl (C=O) groups excluding carboxylic acids is 3. The maximum atomic E-state index is 13.6. The number of amides is 1. The van der Waals surface area contributed by atoms with Gasteiger partial charge in [-0.1, -0.05) is 25.5 Å². The minimum Gasteiger partial charge on any atom is -0.490 e. The van der Waals surface area contributed by atoms with Crippen LogP contribution < -0.4 is 21.5 Å². The number of ether oxygens (including phenoxy) is 4. The van der Waals surface area contributed by atoms with Crippen molar-refractivity contribution in [3.05, 3.63) is 29.8 Å². The molecule has 2 aliphatic rings. The van der Waals surface area contributed by atoms with Crippen molar-refractivity contribution in [3.8, 4) is 5.75 Å². The number of esters is 2. The number of cyclic esters (lactones) is 1. The summed E-state index contributed by atoms with van der Waals surface area (Å²) in [5.41, 5.74) is 10.6. The second-order valence-electron chi connectivity index (χ2n) is 13.3. The lowest BCUT2D eigenvalue weighted by molar-refractivity contribution is -0.167. The zero-order chi connectivity index (χ0) is 35.0. The number of sulfone groups is 1. The molecule has 264 valence electrons. The number of benzene rings is 1. The van der Waals surface area contributed by atoms with Gasteiger partial charge in [-0.2, -0.15) is 0 Å². The summed E-state index contributed by atoms with van der Waals surface area (Å²) in [5.74, 6) is -1.87. The van der Waals surface area contributed by atoms with Gasteiger partial charge in [0.2, 0.25) is 4.87 Å². The van der Waals surface area contributed by atoms with Crippen LogP contribution in [0.25, 0.3) is 0 Å². The molecule has 15 heteroatoms. The van der Waals surface area contributed by atoms with Crippen molar-refractivity contribution < 1.29 is 41.7 Å². The lowest BCUT2D eigenvalue weighted by Gasteiger charge is -2.41. The largest absolute Gasteiger partial charge is 0.490 e. The van der Waals surface area contributed by atoms with E-state index in [9.17, 15) is 22.8 Å². The summed E-state index contributed by atoms with van der Waals surface area (Å²) in [4.78, 5) is 38.1. The summed E-state index contributed by atoms with van der Waals surface area (Å²) in [7, 11) is -2.90. The second-order valence-corrected chi connectivity index (χ2v) is 15.7. The first kappa shape index (κ1) is 38.0. The van der Waals surface area contributed by atoms with Crippen LogP contribution in [-0.4, -0.2) is 99.4 Å². The van der Waals surface area contributed by atoms with E-state index in [2.05, 4.69) is 5.32 Å². The highest BCUT2D eigenvalue weighted by Crippen LogP contribution is 2.40. The van der Waals surface area contributed by atoms with Gasteiger partial charge in [0.25, 0.3) is 0 Å². The maximum absolute atomic E-state index is 13.6. The van der Waals surface area contributed by atoms with E-state index in [4.69, 9.17) is 35.8 Å². The van der Waals surface area contributed by atoms with Crippen molar-refractivity contribution in [2.75, 3.05) is 45.6 Å². The number of unbranched alkanes of at least 4 members (excludes halogenated alkanes) is 1. The molecule has 3 atom stereocenters. The van der Waals surface area contributed by atoms with Crippen molar-refractivity contribution in [1.29, 1.82) is 5.41 Å². The molecule has 2 aliphatic heterocycles. The zero-order valence-electron chi connectivity index (χ0n) is 28.1. The third kappa shape index (κ3) is 9.14. The van der Waals surface area contributed by atoms with Gasteiger partial charge in [0.15, 0.2) is 15.9 Å². The Labute approximate surface area is 277 Å². The van der Waals surface area contributed by atoms with Crippen LogP contribution in [0.2, 0.25) is 0 Å². The third-order valence-electron chi connectivity index (χ3n) is 8.68. The number of carbonyl (C=O) groups is 3. The smallest absolute Gasteiger partial charge is 0.410 e. The van der Waals surface area contributed by atoms with Gasteiger partial charge >= 0.3 is 18.0 Å². The second kappa shape index (κ2) is 15.6. The van der Waals surface area contributed by atoms with Gasteiger partial charge in [-0.05, 0) is 83.2 Å². The van der Waals surface area contributed by atoms with Crippen LogP contribution in [0.4, 0.5) is 4.79 Å². The number of rotatable bonds is 16. The molecule has 0 saturated carbocycles. The van der Waals surface area contributed by atoms with E-state index in [1.54, 1.807) is 45.0 Å².